The second kappa shape index (κ2) is 7.41. The first-order valence-electron chi connectivity index (χ1n) is 6.79. The monoisotopic (exact) mass is 299 g/mol. The zero-order valence-corrected chi connectivity index (χ0v) is 12.5. The molecule has 1 aliphatic rings. The van der Waals surface area contributed by atoms with Gasteiger partial charge >= 0.3 is 0 Å². The number of nitrogens with two attached hydrogens (primary N) is 1. The van der Waals surface area contributed by atoms with E-state index in [9.17, 15) is 4.79 Å². The van der Waals surface area contributed by atoms with Crippen LogP contribution in [0.25, 0.3) is 0 Å². The van der Waals surface area contributed by atoms with Crippen LogP contribution in [0.4, 0.5) is 10.9 Å². The maximum Gasteiger partial charge on any atom is 0.265 e. The van der Waals surface area contributed by atoms with E-state index in [2.05, 4.69) is 20.5 Å². The number of carbonyl (C=O) groups excluding carboxylic acids is 1. The maximum atomic E-state index is 12.0. The summed E-state index contributed by atoms with van der Waals surface area (Å²) in [5.74, 6) is 0.132. The van der Waals surface area contributed by atoms with E-state index in [1.807, 2.05) is 6.92 Å². The van der Waals surface area contributed by atoms with Gasteiger partial charge in [-0.3, -0.25) is 9.69 Å². The average Bonchev–Trinajstić information content (AvgIpc) is 2.81. The van der Waals surface area contributed by atoms with E-state index in [4.69, 9.17) is 10.5 Å². The minimum Gasteiger partial charge on any atom is -0.382 e. The minimum atomic E-state index is -0.155. The van der Waals surface area contributed by atoms with Crippen molar-refractivity contribution >= 4 is 28.2 Å². The van der Waals surface area contributed by atoms with Gasteiger partial charge in [0.1, 0.15) is 10.7 Å². The molecule has 1 amide bonds. The fourth-order valence-electron chi connectivity index (χ4n) is 1.95. The van der Waals surface area contributed by atoms with Gasteiger partial charge in [0.15, 0.2) is 5.13 Å². The van der Waals surface area contributed by atoms with Gasteiger partial charge in [-0.05, 0) is 6.92 Å². The van der Waals surface area contributed by atoms with Gasteiger partial charge in [0.2, 0.25) is 0 Å². The molecule has 1 aromatic rings. The summed E-state index contributed by atoms with van der Waals surface area (Å²) < 4.78 is 5.28. The molecule has 7 nitrogen and oxygen atoms in total. The molecule has 1 saturated heterocycles. The Kier molecular flexibility index (Phi) is 5.57. The van der Waals surface area contributed by atoms with E-state index in [1.165, 1.54) is 11.3 Å². The highest BCUT2D eigenvalue weighted by Crippen LogP contribution is 2.24. The molecule has 0 aromatic carbocycles. The van der Waals surface area contributed by atoms with Crippen molar-refractivity contribution in [2.45, 2.75) is 6.92 Å². The number of morpholine rings is 1. The van der Waals surface area contributed by atoms with E-state index in [0.717, 1.165) is 39.4 Å². The summed E-state index contributed by atoms with van der Waals surface area (Å²) in [7, 11) is 0. The number of anilines is 2. The van der Waals surface area contributed by atoms with E-state index in [-0.39, 0.29) is 11.7 Å². The van der Waals surface area contributed by atoms with Crippen molar-refractivity contribution in [1.29, 1.82) is 0 Å². The number of nitrogens with zero attached hydrogens (tertiary/aromatic N) is 2. The molecule has 0 radical (unpaired) electrons. The van der Waals surface area contributed by atoms with E-state index < -0.39 is 0 Å². The van der Waals surface area contributed by atoms with Gasteiger partial charge in [-0.25, -0.2) is 4.98 Å². The minimum absolute atomic E-state index is 0.155. The fourth-order valence-corrected chi connectivity index (χ4v) is 2.82. The fraction of sp³-hybridized carbons (Fsp3) is 0.667. The SMILES string of the molecule is CCNc1nc(N)c(C(=O)NCCN2CCOCC2)s1. The van der Waals surface area contributed by atoms with Crippen molar-refractivity contribution in [3.8, 4) is 0 Å². The van der Waals surface area contributed by atoms with Crippen molar-refractivity contribution in [1.82, 2.24) is 15.2 Å². The van der Waals surface area contributed by atoms with Crippen LogP contribution < -0.4 is 16.4 Å². The predicted octanol–water partition coefficient (Wildman–Crippen LogP) is 0.219. The molecule has 1 aliphatic heterocycles. The number of hydrogen-bond donors (Lipinski definition) is 3. The van der Waals surface area contributed by atoms with Crippen LogP contribution in [0.1, 0.15) is 16.6 Å². The highest BCUT2D eigenvalue weighted by Gasteiger charge is 2.16. The Morgan fingerprint density at radius 3 is 2.95 bits per heavy atom. The normalized spacial score (nSPS) is 16.1. The van der Waals surface area contributed by atoms with Gasteiger partial charge in [0.25, 0.3) is 5.91 Å². The largest absolute Gasteiger partial charge is 0.382 e. The van der Waals surface area contributed by atoms with Gasteiger partial charge in [0.05, 0.1) is 13.2 Å². The summed E-state index contributed by atoms with van der Waals surface area (Å²) in [5, 5.41) is 6.62. The highest BCUT2D eigenvalue weighted by molar-refractivity contribution is 7.18. The average molecular weight is 299 g/mol. The van der Waals surface area contributed by atoms with Gasteiger partial charge in [-0.1, -0.05) is 11.3 Å². The lowest BCUT2D eigenvalue weighted by molar-refractivity contribution is 0.0383. The Morgan fingerprint density at radius 2 is 2.25 bits per heavy atom. The van der Waals surface area contributed by atoms with E-state index in [0.29, 0.717) is 16.6 Å². The number of hydrogen-bond acceptors (Lipinski definition) is 7. The smallest absolute Gasteiger partial charge is 0.265 e. The van der Waals surface area contributed by atoms with E-state index in [1.54, 1.807) is 0 Å². The summed E-state index contributed by atoms with van der Waals surface area (Å²) in [6.45, 7) is 7.53. The lowest BCUT2D eigenvalue weighted by Gasteiger charge is -2.26. The van der Waals surface area contributed by atoms with Gasteiger partial charge < -0.3 is 21.1 Å². The Bertz CT molecular complexity index is 445. The van der Waals surface area contributed by atoms with Crippen molar-refractivity contribution in [2.75, 3.05) is 57.0 Å². The third-order valence-electron chi connectivity index (χ3n) is 3.00. The second-order valence-electron chi connectivity index (χ2n) is 4.47. The standard InChI is InChI=1S/C12H21N5O2S/c1-2-14-12-16-10(13)9(20-12)11(18)15-3-4-17-5-7-19-8-6-17/h2-8,13H2,1H3,(H,14,16)(H,15,18). The molecular weight excluding hydrogens is 278 g/mol. The number of aromatic nitrogens is 1. The van der Waals surface area contributed by atoms with Gasteiger partial charge in [-0.15, -0.1) is 0 Å². The molecule has 0 aliphatic carbocycles. The zero-order chi connectivity index (χ0) is 14.4. The number of nitrogen functional groups attached to an aromatic ring is 1. The predicted molar refractivity (Wildman–Crippen MR) is 80.3 cm³/mol. The summed E-state index contributed by atoms with van der Waals surface area (Å²) in [6, 6.07) is 0. The van der Waals surface area contributed by atoms with Crippen LogP contribution in [0.5, 0.6) is 0 Å². The van der Waals surface area contributed by atoms with Crippen molar-refractivity contribution < 1.29 is 9.53 Å². The third kappa shape index (κ3) is 4.06. The van der Waals surface area contributed by atoms with Crippen LogP contribution in [-0.4, -0.2) is 61.7 Å². The first kappa shape index (κ1) is 15.0. The zero-order valence-electron chi connectivity index (χ0n) is 11.6. The topological polar surface area (TPSA) is 92.5 Å². The Balaban J connectivity index is 1.79. The first-order chi connectivity index (χ1) is 9.70. The third-order valence-corrected chi connectivity index (χ3v) is 4.03. The molecule has 4 N–H and O–H groups in total. The molecule has 0 unspecified atom stereocenters. The quantitative estimate of drug-likeness (QED) is 0.696. The van der Waals surface area contributed by atoms with Crippen LogP contribution in [0.2, 0.25) is 0 Å². The molecule has 112 valence electrons. The molecule has 2 heterocycles. The molecule has 0 spiro atoms. The molecule has 2 rings (SSSR count). The van der Waals surface area contributed by atoms with E-state index >= 15 is 0 Å². The molecule has 1 aromatic heterocycles. The Morgan fingerprint density at radius 1 is 1.50 bits per heavy atom. The molecule has 1 fully saturated rings. The summed E-state index contributed by atoms with van der Waals surface area (Å²) in [4.78, 5) is 18.9. The molecule has 20 heavy (non-hydrogen) atoms. The highest BCUT2D eigenvalue weighted by atomic mass is 32.1. The number of nitrogens with one attached hydrogen (secondary N) is 2. The van der Waals surface area contributed by atoms with Crippen molar-refractivity contribution in [3.05, 3.63) is 4.88 Å². The van der Waals surface area contributed by atoms with Crippen LogP contribution in [0.3, 0.4) is 0 Å². The summed E-state index contributed by atoms with van der Waals surface area (Å²) >= 11 is 1.29. The first-order valence-corrected chi connectivity index (χ1v) is 7.61. The van der Waals surface area contributed by atoms with Crippen LogP contribution in [0, 0.1) is 0 Å². The number of thiazole rings is 1. The number of ether oxygens (including phenoxy) is 1. The van der Waals surface area contributed by atoms with Crippen LogP contribution >= 0.6 is 11.3 Å². The molecule has 0 bridgehead atoms. The van der Waals surface area contributed by atoms with Crippen LogP contribution in [0.15, 0.2) is 0 Å². The molecular formula is C12H21N5O2S. The number of rotatable bonds is 6. The molecule has 0 atom stereocenters. The van der Waals surface area contributed by atoms with Crippen molar-refractivity contribution in [2.24, 2.45) is 0 Å². The molecule has 0 saturated carbocycles. The van der Waals surface area contributed by atoms with Gasteiger partial charge in [0, 0.05) is 32.7 Å². The van der Waals surface area contributed by atoms with Gasteiger partial charge in [-0.2, -0.15) is 0 Å². The Hall–Kier alpha value is -1.38. The lowest BCUT2D eigenvalue weighted by atomic mass is 10.4. The van der Waals surface area contributed by atoms with Crippen molar-refractivity contribution in [3.63, 3.8) is 0 Å². The number of amides is 1. The lowest BCUT2D eigenvalue weighted by Crippen LogP contribution is -2.41. The Labute approximate surface area is 122 Å². The number of carbonyl (C=O) groups is 1. The van der Waals surface area contributed by atoms with Crippen LogP contribution in [-0.2, 0) is 4.74 Å². The summed E-state index contributed by atoms with van der Waals surface area (Å²) in [5.41, 5.74) is 5.76. The molecule has 8 heteroatoms. The maximum absolute atomic E-state index is 12.0. The summed E-state index contributed by atoms with van der Waals surface area (Å²) in [6.07, 6.45) is 0. The second-order valence-corrected chi connectivity index (χ2v) is 5.47.